The molecule has 1 aliphatic carbocycles. The summed E-state index contributed by atoms with van der Waals surface area (Å²) in [4.78, 5) is 19.2. The Hall–Kier alpha value is -1.03. The lowest BCUT2D eigenvalue weighted by Crippen LogP contribution is -2.43. The molecule has 1 fully saturated rings. The average molecular weight is 292 g/mol. The number of aromatic nitrogens is 1. The number of pyridine rings is 1. The van der Waals surface area contributed by atoms with Crippen molar-refractivity contribution in [2.24, 2.45) is 5.92 Å². The Morgan fingerprint density at radius 3 is 2.70 bits per heavy atom. The van der Waals surface area contributed by atoms with Crippen LogP contribution in [0.2, 0.25) is 0 Å². The predicted octanol–water partition coefficient (Wildman–Crippen LogP) is 3.84. The fourth-order valence-electron chi connectivity index (χ4n) is 2.28. The van der Waals surface area contributed by atoms with Gasteiger partial charge in [-0.05, 0) is 43.6 Å². The highest BCUT2D eigenvalue weighted by Crippen LogP contribution is 2.32. The highest BCUT2D eigenvalue weighted by Gasteiger charge is 2.37. The van der Waals surface area contributed by atoms with Gasteiger partial charge in [-0.25, -0.2) is 4.98 Å². The maximum Gasteiger partial charge on any atom is 0.254 e. The summed E-state index contributed by atoms with van der Waals surface area (Å²) in [6.07, 6.45) is 4.03. The molecule has 0 spiro atoms. The summed E-state index contributed by atoms with van der Waals surface area (Å²) in [6, 6.07) is 4.49. The standard InChI is InChI=1S/C16H24N2OS/c1-5-20-15-10-13(8-9-17-15)16(19)18(14-6-7-14)12(4)11(2)3/h8-12,14H,5-7H2,1-4H3. The minimum atomic E-state index is 0.161. The zero-order valence-corrected chi connectivity index (χ0v) is 13.6. The molecule has 4 heteroatoms. The third-order valence-electron chi connectivity index (χ3n) is 3.85. The van der Waals surface area contributed by atoms with Gasteiger partial charge in [0.05, 0.1) is 5.03 Å². The Labute approximate surface area is 126 Å². The highest BCUT2D eigenvalue weighted by molar-refractivity contribution is 7.99. The third kappa shape index (κ3) is 3.54. The van der Waals surface area contributed by atoms with E-state index in [1.54, 1.807) is 18.0 Å². The van der Waals surface area contributed by atoms with E-state index in [4.69, 9.17) is 0 Å². The van der Waals surface area contributed by atoms with Crippen LogP contribution in [0.15, 0.2) is 23.4 Å². The predicted molar refractivity (Wildman–Crippen MR) is 84.1 cm³/mol. The molecule has 1 aliphatic rings. The van der Waals surface area contributed by atoms with Crippen molar-refractivity contribution >= 4 is 17.7 Å². The molecule has 110 valence electrons. The van der Waals surface area contributed by atoms with Gasteiger partial charge < -0.3 is 4.90 Å². The molecular formula is C16H24N2OS. The number of hydrogen-bond donors (Lipinski definition) is 0. The van der Waals surface area contributed by atoms with Gasteiger partial charge in [0.1, 0.15) is 0 Å². The van der Waals surface area contributed by atoms with Gasteiger partial charge in [0, 0.05) is 23.8 Å². The average Bonchev–Trinajstić information content (AvgIpc) is 3.24. The largest absolute Gasteiger partial charge is 0.333 e. The Morgan fingerprint density at radius 2 is 2.15 bits per heavy atom. The first-order chi connectivity index (χ1) is 9.54. The van der Waals surface area contributed by atoms with Crippen LogP contribution in [-0.2, 0) is 0 Å². The van der Waals surface area contributed by atoms with Crippen LogP contribution in [0.3, 0.4) is 0 Å². The normalized spacial score (nSPS) is 16.2. The molecule has 0 saturated heterocycles. The van der Waals surface area contributed by atoms with Crippen molar-refractivity contribution in [3.05, 3.63) is 23.9 Å². The van der Waals surface area contributed by atoms with E-state index in [1.165, 1.54) is 0 Å². The first-order valence-electron chi connectivity index (χ1n) is 7.46. The molecule has 1 saturated carbocycles. The molecular weight excluding hydrogens is 268 g/mol. The van der Waals surface area contributed by atoms with E-state index < -0.39 is 0 Å². The summed E-state index contributed by atoms with van der Waals surface area (Å²) in [5.41, 5.74) is 0.773. The number of carbonyl (C=O) groups is 1. The summed E-state index contributed by atoms with van der Waals surface area (Å²) >= 11 is 1.68. The SMILES string of the molecule is CCSc1cc(C(=O)N(C2CC2)C(C)C(C)C)ccn1. The number of hydrogen-bond acceptors (Lipinski definition) is 3. The number of rotatable bonds is 6. The van der Waals surface area contributed by atoms with Gasteiger partial charge in [-0.1, -0.05) is 20.8 Å². The van der Waals surface area contributed by atoms with Crippen LogP contribution in [0.1, 0.15) is 50.9 Å². The van der Waals surface area contributed by atoms with Gasteiger partial charge in [-0.15, -0.1) is 11.8 Å². The number of nitrogens with zero attached hydrogens (tertiary/aromatic N) is 2. The van der Waals surface area contributed by atoms with E-state index in [2.05, 4.69) is 37.6 Å². The van der Waals surface area contributed by atoms with Crippen LogP contribution >= 0.6 is 11.8 Å². The van der Waals surface area contributed by atoms with Crippen molar-refractivity contribution in [3.8, 4) is 0 Å². The van der Waals surface area contributed by atoms with Gasteiger partial charge in [-0.2, -0.15) is 0 Å². The fourth-order valence-corrected chi connectivity index (χ4v) is 2.92. The monoisotopic (exact) mass is 292 g/mol. The van der Waals surface area contributed by atoms with Crippen LogP contribution < -0.4 is 0 Å². The topological polar surface area (TPSA) is 33.2 Å². The molecule has 1 aromatic rings. The van der Waals surface area contributed by atoms with Crippen molar-refractivity contribution in [1.82, 2.24) is 9.88 Å². The molecule has 1 unspecified atom stereocenters. The Morgan fingerprint density at radius 1 is 1.45 bits per heavy atom. The first kappa shape index (κ1) is 15.4. The lowest BCUT2D eigenvalue weighted by molar-refractivity contribution is 0.0627. The molecule has 0 N–H and O–H groups in total. The molecule has 0 bridgehead atoms. The van der Waals surface area contributed by atoms with E-state index >= 15 is 0 Å². The Bertz CT molecular complexity index is 471. The van der Waals surface area contributed by atoms with Crippen LogP contribution in [-0.4, -0.2) is 33.6 Å². The van der Waals surface area contributed by atoms with E-state index in [0.29, 0.717) is 12.0 Å². The highest BCUT2D eigenvalue weighted by atomic mass is 32.2. The van der Waals surface area contributed by atoms with Gasteiger partial charge >= 0.3 is 0 Å². The maximum atomic E-state index is 12.8. The fraction of sp³-hybridized carbons (Fsp3) is 0.625. The molecule has 1 atom stereocenters. The second-order valence-corrected chi connectivity index (χ2v) is 7.03. The van der Waals surface area contributed by atoms with E-state index in [9.17, 15) is 4.79 Å². The molecule has 2 rings (SSSR count). The number of thioether (sulfide) groups is 1. The third-order valence-corrected chi connectivity index (χ3v) is 4.66. The van der Waals surface area contributed by atoms with Gasteiger partial charge in [-0.3, -0.25) is 4.79 Å². The van der Waals surface area contributed by atoms with Crippen LogP contribution in [0, 0.1) is 5.92 Å². The minimum Gasteiger partial charge on any atom is -0.333 e. The molecule has 0 radical (unpaired) electrons. The summed E-state index contributed by atoms with van der Waals surface area (Å²) < 4.78 is 0. The summed E-state index contributed by atoms with van der Waals surface area (Å²) in [5, 5.41) is 0.936. The lowest BCUT2D eigenvalue weighted by atomic mass is 10.0. The first-order valence-corrected chi connectivity index (χ1v) is 8.44. The molecule has 1 amide bonds. The molecule has 1 aromatic heterocycles. The van der Waals surface area contributed by atoms with E-state index in [1.807, 2.05) is 12.1 Å². The molecule has 1 heterocycles. The van der Waals surface area contributed by atoms with Crippen molar-refractivity contribution in [3.63, 3.8) is 0 Å². The Balaban J connectivity index is 2.21. The summed E-state index contributed by atoms with van der Waals surface area (Å²) in [7, 11) is 0. The van der Waals surface area contributed by atoms with Crippen molar-refractivity contribution < 1.29 is 4.79 Å². The smallest absolute Gasteiger partial charge is 0.254 e. The number of amides is 1. The minimum absolute atomic E-state index is 0.161. The Kier molecular flexibility index (Phi) is 5.08. The molecule has 3 nitrogen and oxygen atoms in total. The van der Waals surface area contributed by atoms with Crippen molar-refractivity contribution in [2.45, 2.75) is 57.6 Å². The second kappa shape index (κ2) is 6.61. The van der Waals surface area contributed by atoms with E-state index in [-0.39, 0.29) is 11.9 Å². The van der Waals surface area contributed by atoms with Gasteiger partial charge in [0.25, 0.3) is 5.91 Å². The van der Waals surface area contributed by atoms with Crippen LogP contribution in [0.4, 0.5) is 0 Å². The van der Waals surface area contributed by atoms with Crippen molar-refractivity contribution in [2.75, 3.05) is 5.75 Å². The number of carbonyl (C=O) groups excluding carboxylic acids is 1. The molecule has 0 aromatic carbocycles. The summed E-state index contributed by atoms with van der Waals surface area (Å²) in [5.74, 6) is 1.61. The van der Waals surface area contributed by atoms with Crippen molar-refractivity contribution in [1.29, 1.82) is 0 Å². The van der Waals surface area contributed by atoms with Crippen LogP contribution in [0.5, 0.6) is 0 Å². The zero-order valence-electron chi connectivity index (χ0n) is 12.8. The maximum absolute atomic E-state index is 12.8. The quantitative estimate of drug-likeness (QED) is 0.747. The van der Waals surface area contributed by atoms with Crippen LogP contribution in [0.25, 0.3) is 0 Å². The molecule has 20 heavy (non-hydrogen) atoms. The van der Waals surface area contributed by atoms with Gasteiger partial charge in [0.15, 0.2) is 0 Å². The second-order valence-electron chi connectivity index (χ2n) is 5.74. The van der Waals surface area contributed by atoms with Gasteiger partial charge in [0.2, 0.25) is 0 Å². The summed E-state index contributed by atoms with van der Waals surface area (Å²) in [6.45, 7) is 8.61. The van der Waals surface area contributed by atoms with E-state index in [0.717, 1.165) is 29.2 Å². The lowest BCUT2D eigenvalue weighted by Gasteiger charge is -2.32. The zero-order chi connectivity index (χ0) is 14.7. The molecule has 0 aliphatic heterocycles.